The maximum atomic E-state index is 13.8. The first kappa shape index (κ1) is 51.6. The molecule has 0 saturated carbocycles. The van der Waals surface area contributed by atoms with Crippen molar-refractivity contribution in [1.82, 2.24) is 0 Å². The van der Waals surface area contributed by atoms with Crippen molar-refractivity contribution in [3.63, 3.8) is 0 Å². The van der Waals surface area contributed by atoms with Crippen LogP contribution >= 0.6 is 105 Å². The van der Waals surface area contributed by atoms with E-state index >= 15 is 0 Å². The summed E-state index contributed by atoms with van der Waals surface area (Å²) in [5.74, 6) is -10.8. The summed E-state index contributed by atoms with van der Waals surface area (Å²) in [6, 6.07) is 58.3. The molecular formula is C48H30F8I4O2P2. The minimum absolute atomic E-state index is 0.664. The Morgan fingerprint density at radius 2 is 0.344 bits per heavy atom. The smallest absolute Gasteiger partial charge is 0.176 e. The van der Waals surface area contributed by atoms with Crippen molar-refractivity contribution in [2.75, 3.05) is 0 Å². The molecule has 0 fully saturated rings. The van der Waals surface area contributed by atoms with Crippen molar-refractivity contribution >= 4 is 136 Å². The predicted molar refractivity (Wildman–Crippen MR) is 275 cm³/mol. The van der Waals surface area contributed by atoms with E-state index in [1.165, 1.54) is 90.4 Å². The maximum Gasteiger partial charge on any atom is 0.176 e. The van der Waals surface area contributed by atoms with E-state index in [0.717, 1.165) is 31.8 Å². The highest BCUT2D eigenvalue weighted by molar-refractivity contribution is 14.1. The van der Waals surface area contributed by atoms with Gasteiger partial charge in [-0.15, -0.1) is 0 Å². The van der Waals surface area contributed by atoms with Crippen LogP contribution in [0, 0.1) is 60.8 Å². The largest absolute Gasteiger partial charge is 0.309 e. The maximum absolute atomic E-state index is 13.8. The summed E-state index contributed by atoms with van der Waals surface area (Å²) in [6.07, 6.45) is 0. The molecule has 0 atom stereocenters. The third kappa shape index (κ3) is 11.7. The Labute approximate surface area is 419 Å². The number of hydrogen-bond donors (Lipinski definition) is 0. The molecule has 0 aliphatic rings. The zero-order valence-electron chi connectivity index (χ0n) is 32.6. The van der Waals surface area contributed by atoms with E-state index < -0.39 is 75.1 Å². The minimum atomic E-state index is -2.78. The standard InChI is InChI=1S/2C18H15OP.2C6F4I2/c2*19-20(16-10-4-1-5-11-16,17-12-6-2-7-13-17)18-14-8-3-9-15-18;2*7-1-2(8)6(12)4(10)3(9)5(1)11/h2*1-15H;;. The molecule has 2 nitrogen and oxygen atoms in total. The van der Waals surface area contributed by atoms with Gasteiger partial charge in [-0.3, -0.25) is 0 Å². The Bertz CT molecular complexity index is 2290. The fourth-order valence-electron chi connectivity index (χ4n) is 5.88. The van der Waals surface area contributed by atoms with Gasteiger partial charge >= 0.3 is 0 Å². The quantitative estimate of drug-likeness (QED) is 0.0547. The predicted octanol–water partition coefficient (Wildman–Crippen LogP) is 13.6. The van der Waals surface area contributed by atoms with Crippen LogP contribution in [0.2, 0.25) is 0 Å². The van der Waals surface area contributed by atoms with Crippen molar-refractivity contribution in [2.24, 2.45) is 0 Å². The lowest BCUT2D eigenvalue weighted by molar-refractivity contribution is 0.437. The van der Waals surface area contributed by atoms with Gasteiger partial charge in [0.15, 0.2) is 60.8 Å². The molecule has 0 bridgehead atoms. The molecule has 328 valence electrons. The fraction of sp³-hybridized carbons (Fsp3) is 0. The summed E-state index contributed by atoms with van der Waals surface area (Å²) in [5.41, 5.74) is 0. The number of halogens is 12. The highest BCUT2D eigenvalue weighted by atomic mass is 127. The molecule has 16 heteroatoms. The van der Waals surface area contributed by atoms with Crippen molar-refractivity contribution in [1.29, 1.82) is 0 Å². The Balaban J connectivity index is 0.000000166. The van der Waals surface area contributed by atoms with Crippen molar-refractivity contribution in [3.8, 4) is 0 Å². The third-order valence-corrected chi connectivity index (χ3v) is 19.0. The van der Waals surface area contributed by atoms with Gasteiger partial charge in [0, 0.05) is 31.8 Å². The van der Waals surface area contributed by atoms with Crippen LogP contribution in [0.5, 0.6) is 0 Å². The second kappa shape index (κ2) is 23.9. The van der Waals surface area contributed by atoms with E-state index in [9.17, 15) is 44.3 Å². The molecule has 0 unspecified atom stereocenters. The van der Waals surface area contributed by atoms with E-state index in [2.05, 4.69) is 0 Å². The summed E-state index contributed by atoms with van der Waals surface area (Å²) < 4.78 is 126. The van der Waals surface area contributed by atoms with Crippen LogP contribution in [-0.2, 0) is 9.13 Å². The first-order chi connectivity index (χ1) is 30.6. The van der Waals surface area contributed by atoms with Gasteiger partial charge in [0.1, 0.15) is 0 Å². The highest BCUT2D eigenvalue weighted by Gasteiger charge is 2.30. The monoisotopic (exact) mass is 1360 g/mol. The molecule has 0 saturated heterocycles. The zero-order chi connectivity index (χ0) is 46.6. The molecule has 0 spiro atoms. The molecule has 8 aromatic rings. The Morgan fingerprint density at radius 3 is 0.453 bits per heavy atom. The first-order valence-corrected chi connectivity index (χ1v) is 26.2. The molecular weight excluding hydrogens is 1330 g/mol. The minimum Gasteiger partial charge on any atom is -0.309 e. The molecule has 0 N–H and O–H groups in total. The van der Waals surface area contributed by atoms with Crippen molar-refractivity contribution in [2.45, 2.75) is 0 Å². The van der Waals surface area contributed by atoms with Crippen LogP contribution in [0.25, 0.3) is 0 Å². The van der Waals surface area contributed by atoms with E-state index in [-0.39, 0.29) is 0 Å². The Kier molecular flexibility index (Phi) is 19.2. The first-order valence-electron chi connectivity index (χ1n) is 18.4. The summed E-state index contributed by atoms with van der Waals surface area (Å²) in [5, 5.41) is 5.24. The summed E-state index contributed by atoms with van der Waals surface area (Å²) in [4.78, 5) is 0. The lowest BCUT2D eigenvalue weighted by Gasteiger charge is -2.19. The third-order valence-electron chi connectivity index (χ3n) is 9.03. The van der Waals surface area contributed by atoms with Gasteiger partial charge < -0.3 is 9.13 Å². The van der Waals surface area contributed by atoms with E-state index in [4.69, 9.17) is 0 Å². The molecule has 0 aliphatic carbocycles. The van der Waals surface area contributed by atoms with Crippen molar-refractivity contribution < 1.29 is 44.3 Å². The normalized spacial score (nSPS) is 10.9. The lowest BCUT2D eigenvalue weighted by atomic mass is 10.3. The fourth-order valence-corrected chi connectivity index (χ4v) is 13.1. The SMILES string of the molecule is Fc1c(F)c(I)c(F)c(F)c1I.Fc1c(F)c(I)c(F)c(F)c1I.O=P(c1ccccc1)(c1ccccc1)c1ccccc1.O=P(c1ccccc1)(c1ccccc1)c1ccccc1. The van der Waals surface area contributed by atoms with Crippen LogP contribution in [-0.4, -0.2) is 0 Å². The van der Waals surface area contributed by atoms with Crippen LogP contribution in [0.1, 0.15) is 0 Å². The number of hydrogen-bond acceptors (Lipinski definition) is 2. The number of rotatable bonds is 6. The van der Waals surface area contributed by atoms with Crippen LogP contribution < -0.4 is 31.8 Å². The van der Waals surface area contributed by atoms with E-state index in [0.29, 0.717) is 0 Å². The molecule has 0 aliphatic heterocycles. The van der Waals surface area contributed by atoms with Gasteiger partial charge in [0.25, 0.3) is 0 Å². The van der Waals surface area contributed by atoms with Gasteiger partial charge in [0.05, 0.1) is 14.3 Å². The van der Waals surface area contributed by atoms with Gasteiger partial charge in [-0.05, 0) is 90.4 Å². The molecule has 8 aromatic carbocycles. The van der Waals surface area contributed by atoms with Crippen LogP contribution in [0.15, 0.2) is 182 Å². The van der Waals surface area contributed by atoms with Gasteiger partial charge in [-0.25, -0.2) is 35.1 Å². The molecule has 0 aromatic heterocycles. The zero-order valence-corrected chi connectivity index (χ0v) is 43.0. The number of benzene rings is 8. The molecule has 0 amide bonds. The second-order valence-electron chi connectivity index (χ2n) is 13.0. The topological polar surface area (TPSA) is 34.1 Å². The van der Waals surface area contributed by atoms with Gasteiger partial charge in [-0.1, -0.05) is 182 Å². The van der Waals surface area contributed by atoms with Gasteiger partial charge in [-0.2, -0.15) is 0 Å². The Morgan fingerprint density at radius 1 is 0.234 bits per heavy atom. The van der Waals surface area contributed by atoms with Gasteiger partial charge in [0.2, 0.25) is 0 Å². The van der Waals surface area contributed by atoms with E-state index in [1.807, 2.05) is 182 Å². The van der Waals surface area contributed by atoms with E-state index in [1.54, 1.807) is 0 Å². The summed E-state index contributed by atoms with van der Waals surface area (Å²) in [7, 11) is -5.55. The summed E-state index contributed by atoms with van der Waals surface area (Å²) in [6.45, 7) is 0. The lowest BCUT2D eigenvalue weighted by Crippen LogP contribution is -2.24. The van der Waals surface area contributed by atoms with Crippen LogP contribution in [0.3, 0.4) is 0 Å². The van der Waals surface area contributed by atoms with Crippen molar-refractivity contribution in [3.05, 3.63) is 243 Å². The average molecular weight is 1360 g/mol. The average Bonchev–Trinajstić information content (AvgIpc) is 3.36. The Hall–Kier alpha value is -3.42. The summed E-state index contributed by atoms with van der Waals surface area (Å²) >= 11 is 4.81. The molecule has 8 rings (SSSR count). The second-order valence-corrected chi connectivity index (χ2v) is 22.9. The highest BCUT2D eigenvalue weighted by Crippen LogP contribution is 2.43. The molecule has 0 heterocycles. The molecule has 0 radical (unpaired) electrons. The van der Waals surface area contributed by atoms with Crippen LogP contribution in [0.4, 0.5) is 35.1 Å². The molecule has 64 heavy (non-hydrogen) atoms.